The number of aryl methyl sites for hydroxylation is 1. The van der Waals surface area contributed by atoms with E-state index in [-0.39, 0.29) is 18.0 Å². The van der Waals surface area contributed by atoms with Gasteiger partial charge >= 0.3 is 6.03 Å². The average molecular weight is 373 g/mol. The summed E-state index contributed by atoms with van der Waals surface area (Å²) in [5, 5.41) is 7.87. The summed E-state index contributed by atoms with van der Waals surface area (Å²) in [4.78, 5) is 27.2. The maximum atomic E-state index is 12.5. The minimum absolute atomic E-state index is 0.0348. The van der Waals surface area contributed by atoms with Crippen LogP contribution in [0.2, 0.25) is 0 Å². The molecule has 0 spiro atoms. The van der Waals surface area contributed by atoms with Gasteiger partial charge in [0.2, 0.25) is 0 Å². The Morgan fingerprint density at radius 1 is 1.23 bits per heavy atom. The number of likely N-dealkylation sites (tertiary alicyclic amines) is 1. The second-order valence-corrected chi connectivity index (χ2v) is 7.29. The van der Waals surface area contributed by atoms with Crippen LogP contribution in [-0.2, 0) is 0 Å². The number of carbonyl (C=O) groups is 2. The van der Waals surface area contributed by atoms with Crippen LogP contribution < -0.4 is 15.4 Å². The highest BCUT2D eigenvalue weighted by Crippen LogP contribution is 2.26. The molecule has 1 fully saturated rings. The number of anilines is 1. The van der Waals surface area contributed by atoms with E-state index in [0.717, 1.165) is 23.3 Å². The summed E-state index contributed by atoms with van der Waals surface area (Å²) < 4.78 is 5.30. The third kappa shape index (κ3) is 4.35. The zero-order valence-corrected chi connectivity index (χ0v) is 15.8. The third-order valence-electron chi connectivity index (χ3n) is 4.46. The highest BCUT2D eigenvalue weighted by molar-refractivity contribution is 7.12. The minimum Gasteiger partial charge on any atom is -0.495 e. The zero-order valence-electron chi connectivity index (χ0n) is 15.0. The lowest BCUT2D eigenvalue weighted by atomic mass is 10.1. The maximum Gasteiger partial charge on any atom is 0.321 e. The number of ether oxygens (including phenoxy) is 1. The van der Waals surface area contributed by atoms with Crippen LogP contribution in [0.3, 0.4) is 0 Å². The Hall–Kier alpha value is -2.54. The molecule has 26 heavy (non-hydrogen) atoms. The summed E-state index contributed by atoms with van der Waals surface area (Å²) in [7, 11) is 1.59. The van der Waals surface area contributed by atoms with Crippen molar-refractivity contribution in [2.75, 3.05) is 25.5 Å². The van der Waals surface area contributed by atoms with Gasteiger partial charge in [-0.05, 0) is 48.9 Å². The molecule has 7 heteroatoms. The van der Waals surface area contributed by atoms with Gasteiger partial charge < -0.3 is 20.3 Å². The van der Waals surface area contributed by atoms with Gasteiger partial charge in [0.05, 0.1) is 17.7 Å². The minimum atomic E-state index is -0.142. The number of amides is 3. The Labute approximate surface area is 157 Å². The molecule has 0 atom stereocenters. The second-order valence-electron chi connectivity index (χ2n) is 6.35. The van der Waals surface area contributed by atoms with Gasteiger partial charge in [-0.25, -0.2) is 4.79 Å². The molecule has 2 N–H and O–H groups in total. The van der Waals surface area contributed by atoms with Crippen molar-refractivity contribution in [3.8, 4) is 5.75 Å². The number of thiophene rings is 1. The number of benzene rings is 1. The smallest absolute Gasteiger partial charge is 0.321 e. The number of piperidine rings is 1. The fraction of sp³-hybridized carbons (Fsp3) is 0.368. The molecule has 0 aliphatic carbocycles. The van der Waals surface area contributed by atoms with Crippen molar-refractivity contribution >= 4 is 29.0 Å². The van der Waals surface area contributed by atoms with Gasteiger partial charge in [0, 0.05) is 19.1 Å². The van der Waals surface area contributed by atoms with E-state index in [0.29, 0.717) is 24.5 Å². The van der Waals surface area contributed by atoms with Gasteiger partial charge in [-0.3, -0.25) is 4.79 Å². The van der Waals surface area contributed by atoms with Crippen molar-refractivity contribution in [3.63, 3.8) is 0 Å². The second kappa shape index (κ2) is 8.23. The third-order valence-corrected chi connectivity index (χ3v) is 5.33. The molecule has 1 aliphatic heterocycles. The van der Waals surface area contributed by atoms with Crippen molar-refractivity contribution < 1.29 is 14.3 Å². The van der Waals surface area contributed by atoms with Crippen LogP contribution in [0.1, 0.15) is 28.1 Å². The Morgan fingerprint density at radius 2 is 2.00 bits per heavy atom. The molecule has 2 heterocycles. The quantitative estimate of drug-likeness (QED) is 0.862. The summed E-state index contributed by atoms with van der Waals surface area (Å²) in [6, 6.07) is 9.32. The van der Waals surface area contributed by atoms with Gasteiger partial charge in [0.1, 0.15) is 5.75 Å². The Bertz CT molecular complexity index is 768. The van der Waals surface area contributed by atoms with Crippen LogP contribution in [0.15, 0.2) is 35.7 Å². The molecule has 138 valence electrons. The zero-order chi connectivity index (χ0) is 18.5. The van der Waals surface area contributed by atoms with Crippen molar-refractivity contribution in [1.82, 2.24) is 10.2 Å². The van der Waals surface area contributed by atoms with Gasteiger partial charge in [-0.1, -0.05) is 12.1 Å². The topological polar surface area (TPSA) is 70.7 Å². The number of methoxy groups -OCH3 is 1. The lowest BCUT2D eigenvalue weighted by Crippen LogP contribution is -2.47. The molecule has 1 saturated heterocycles. The fourth-order valence-electron chi connectivity index (χ4n) is 3.00. The summed E-state index contributed by atoms with van der Waals surface area (Å²) >= 11 is 1.43. The van der Waals surface area contributed by atoms with Crippen molar-refractivity contribution in [2.45, 2.75) is 25.8 Å². The summed E-state index contributed by atoms with van der Waals surface area (Å²) in [5.41, 5.74) is 1.72. The molecule has 3 amide bonds. The maximum absolute atomic E-state index is 12.5. The number of hydrogen-bond acceptors (Lipinski definition) is 4. The highest BCUT2D eigenvalue weighted by Gasteiger charge is 2.25. The van der Waals surface area contributed by atoms with E-state index in [9.17, 15) is 9.59 Å². The molecule has 0 radical (unpaired) electrons. The van der Waals surface area contributed by atoms with E-state index in [1.807, 2.05) is 42.6 Å². The molecule has 2 aromatic rings. The lowest BCUT2D eigenvalue weighted by Gasteiger charge is -2.32. The first kappa shape index (κ1) is 18.3. The number of rotatable bonds is 4. The highest BCUT2D eigenvalue weighted by atomic mass is 32.1. The SMILES string of the molecule is COc1ccc(C)cc1NC(=O)N1CCC(NC(=O)c2cccs2)CC1. The Balaban J connectivity index is 1.52. The standard InChI is InChI=1S/C19H23N3O3S/c1-13-5-6-16(25-2)15(12-13)21-19(24)22-9-7-14(8-10-22)20-18(23)17-4-3-11-26-17/h3-6,11-12,14H,7-10H2,1-2H3,(H,20,23)(H,21,24). The van der Waals surface area contributed by atoms with Crippen LogP contribution in [0, 0.1) is 6.92 Å². The first-order valence-electron chi connectivity index (χ1n) is 8.62. The summed E-state index contributed by atoms with van der Waals surface area (Å²) in [6.07, 6.45) is 1.49. The fourth-order valence-corrected chi connectivity index (χ4v) is 3.63. The first-order chi connectivity index (χ1) is 12.6. The van der Waals surface area contributed by atoms with Crippen molar-refractivity contribution in [2.24, 2.45) is 0 Å². The van der Waals surface area contributed by atoms with Crippen LogP contribution in [0.4, 0.5) is 10.5 Å². The van der Waals surface area contributed by atoms with E-state index in [2.05, 4.69) is 10.6 Å². The Kier molecular flexibility index (Phi) is 5.78. The van der Waals surface area contributed by atoms with E-state index in [4.69, 9.17) is 4.74 Å². The van der Waals surface area contributed by atoms with Gasteiger partial charge in [-0.15, -0.1) is 11.3 Å². The predicted octanol–water partition coefficient (Wildman–Crippen LogP) is 3.49. The number of nitrogens with one attached hydrogen (secondary N) is 2. The molecule has 6 nitrogen and oxygen atoms in total. The Morgan fingerprint density at radius 3 is 2.65 bits per heavy atom. The molecular formula is C19H23N3O3S. The number of carbonyl (C=O) groups excluding carboxylic acids is 2. The van der Waals surface area contributed by atoms with Gasteiger partial charge in [0.25, 0.3) is 5.91 Å². The summed E-state index contributed by atoms with van der Waals surface area (Å²) in [5.74, 6) is 0.606. The van der Waals surface area contributed by atoms with Crippen LogP contribution in [0.5, 0.6) is 5.75 Å². The molecule has 1 aromatic heterocycles. The van der Waals surface area contributed by atoms with Gasteiger partial charge in [-0.2, -0.15) is 0 Å². The van der Waals surface area contributed by atoms with E-state index in [1.54, 1.807) is 12.0 Å². The van der Waals surface area contributed by atoms with Crippen LogP contribution in [-0.4, -0.2) is 43.1 Å². The van der Waals surface area contributed by atoms with Crippen molar-refractivity contribution in [3.05, 3.63) is 46.2 Å². The first-order valence-corrected chi connectivity index (χ1v) is 9.49. The van der Waals surface area contributed by atoms with E-state index < -0.39 is 0 Å². The van der Waals surface area contributed by atoms with E-state index in [1.165, 1.54) is 11.3 Å². The van der Waals surface area contributed by atoms with Crippen molar-refractivity contribution in [1.29, 1.82) is 0 Å². The molecule has 0 saturated carbocycles. The molecule has 1 aliphatic rings. The predicted molar refractivity (Wildman–Crippen MR) is 103 cm³/mol. The molecule has 3 rings (SSSR count). The monoisotopic (exact) mass is 373 g/mol. The molecular weight excluding hydrogens is 350 g/mol. The number of hydrogen-bond donors (Lipinski definition) is 2. The number of urea groups is 1. The normalized spacial score (nSPS) is 14.8. The molecule has 0 bridgehead atoms. The largest absolute Gasteiger partial charge is 0.495 e. The molecule has 0 unspecified atom stereocenters. The van der Waals surface area contributed by atoms with Crippen LogP contribution in [0.25, 0.3) is 0 Å². The average Bonchev–Trinajstić information content (AvgIpc) is 3.17. The van der Waals surface area contributed by atoms with Crippen LogP contribution >= 0.6 is 11.3 Å². The van der Waals surface area contributed by atoms with E-state index >= 15 is 0 Å². The van der Waals surface area contributed by atoms with Gasteiger partial charge in [0.15, 0.2) is 0 Å². The lowest BCUT2D eigenvalue weighted by molar-refractivity contribution is 0.0923. The summed E-state index contributed by atoms with van der Waals surface area (Å²) in [6.45, 7) is 3.18. The number of nitrogens with zero attached hydrogens (tertiary/aromatic N) is 1. The molecule has 1 aromatic carbocycles.